The van der Waals surface area contributed by atoms with Crippen LogP contribution < -0.4 is 4.74 Å². The number of carbonyl (C=O) groups is 1. The third-order valence-corrected chi connectivity index (χ3v) is 3.51. The number of rotatable bonds is 6. The Morgan fingerprint density at radius 1 is 1.16 bits per heavy atom. The van der Waals surface area contributed by atoms with Crippen molar-refractivity contribution < 1.29 is 9.53 Å². The van der Waals surface area contributed by atoms with Gasteiger partial charge >= 0.3 is 0 Å². The van der Waals surface area contributed by atoms with E-state index in [4.69, 9.17) is 4.74 Å². The van der Waals surface area contributed by atoms with Crippen molar-refractivity contribution in [2.75, 3.05) is 19.7 Å². The molecule has 1 amide bonds. The fourth-order valence-electron chi connectivity index (χ4n) is 2.34. The lowest BCUT2D eigenvalue weighted by Gasteiger charge is -2.15. The summed E-state index contributed by atoms with van der Waals surface area (Å²) in [6.45, 7) is 4.73. The van der Waals surface area contributed by atoms with Crippen LogP contribution in [0.3, 0.4) is 0 Å². The highest BCUT2D eigenvalue weighted by Gasteiger charge is 2.19. The van der Waals surface area contributed by atoms with Crippen molar-refractivity contribution in [3.63, 3.8) is 0 Å². The van der Waals surface area contributed by atoms with E-state index in [1.165, 1.54) is 12.8 Å². The predicted octanol–water partition coefficient (Wildman–Crippen LogP) is 3.49. The molecule has 1 aliphatic heterocycles. The van der Waals surface area contributed by atoms with Gasteiger partial charge in [-0.25, -0.2) is 0 Å². The third-order valence-electron chi connectivity index (χ3n) is 3.51. The molecule has 0 spiro atoms. The van der Waals surface area contributed by atoms with Crippen LogP contribution in [0.15, 0.2) is 24.3 Å². The van der Waals surface area contributed by atoms with Gasteiger partial charge in [0.2, 0.25) is 0 Å². The Kier molecular flexibility index (Phi) is 5.25. The van der Waals surface area contributed by atoms with Crippen molar-refractivity contribution in [1.29, 1.82) is 0 Å². The quantitative estimate of drug-likeness (QED) is 0.734. The highest BCUT2D eigenvalue weighted by molar-refractivity contribution is 5.94. The zero-order valence-corrected chi connectivity index (χ0v) is 11.7. The maximum Gasteiger partial charge on any atom is 0.253 e. The summed E-state index contributed by atoms with van der Waals surface area (Å²) in [4.78, 5) is 14.1. The van der Waals surface area contributed by atoms with E-state index in [1.54, 1.807) is 0 Å². The Balaban J connectivity index is 1.85. The average molecular weight is 261 g/mol. The fraction of sp³-hybridized carbons (Fsp3) is 0.562. The Morgan fingerprint density at radius 2 is 1.84 bits per heavy atom. The average Bonchev–Trinajstić information content (AvgIpc) is 2.98. The van der Waals surface area contributed by atoms with E-state index in [0.717, 1.165) is 50.3 Å². The summed E-state index contributed by atoms with van der Waals surface area (Å²) < 4.78 is 5.64. The number of likely N-dealkylation sites (tertiary alicyclic amines) is 1. The summed E-state index contributed by atoms with van der Waals surface area (Å²) in [6, 6.07) is 7.54. The highest BCUT2D eigenvalue weighted by Crippen LogP contribution is 2.16. The summed E-state index contributed by atoms with van der Waals surface area (Å²) in [5.41, 5.74) is 0.766. The van der Waals surface area contributed by atoms with E-state index in [1.807, 2.05) is 29.2 Å². The molecule has 0 bridgehead atoms. The molecule has 1 aliphatic rings. The zero-order chi connectivity index (χ0) is 13.5. The monoisotopic (exact) mass is 261 g/mol. The topological polar surface area (TPSA) is 29.5 Å². The Hall–Kier alpha value is -1.51. The number of ether oxygens (including phenoxy) is 1. The van der Waals surface area contributed by atoms with E-state index in [9.17, 15) is 4.79 Å². The largest absolute Gasteiger partial charge is 0.494 e. The van der Waals surface area contributed by atoms with Crippen LogP contribution in [0.2, 0.25) is 0 Å². The molecular weight excluding hydrogens is 238 g/mol. The van der Waals surface area contributed by atoms with Gasteiger partial charge < -0.3 is 9.64 Å². The Labute approximate surface area is 115 Å². The van der Waals surface area contributed by atoms with Gasteiger partial charge in [-0.05, 0) is 43.5 Å². The summed E-state index contributed by atoms with van der Waals surface area (Å²) in [6.07, 6.45) is 5.75. The minimum atomic E-state index is 0.148. The number of hydrogen-bond acceptors (Lipinski definition) is 2. The first-order chi connectivity index (χ1) is 9.31. The van der Waals surface area contributed by atoms with Crippen LogP contribution in [0.25, 0.3) is 0 Å². The molecule has 104 valence electrons. The first-order valence-electron chi connectivity index (χ1n) is 7.33. The van der Waals surface area contributed by atoms with E-state index >= 15 is 0 Å². The Morgan fingerprint density at radius 3 is 2.47 bits per heavy atom. The first-order valence-corrected chi connectivity index (χ1v) is 7.33. The number of benzene rings is 1. The molecule has 0 aliphatic carbocycles. The van der Waals surface area contributed by atoms with Crippen molar-refractivity contribution in [3.8, 4) is 5.75 Å². The van der Waals surface area contributed by atoms with E-state index in [0.29, 0.717) is 0 Å². The second-order valence-corrected chi connectivity index (χ2v) is 5.08. The molecule has 1 aromatic carbocycles. The van der Waals surface area contributed by atoms with Gasteiger partial charge in [0, 0.05) is 18.7 Å². The van der Waals surface area contributed by atoms with Crippen molar-refractivity contribution in [2.45, 2.75) is 39.0 Å². The van der Waals surface area contributed by atoms with Crippen molar-refractivity contribution in [3.05, 3.63) is 29.8 Å². The van der Waals surface area contributed by atoms with E-state index in [2.05, 4.69) is 6.92 Å². The van der Waals surface area contributed by atoms with Gasteiger partial charge in [-0.3, -0.25) is 4.79 Å². The fourth-order valence-corrected chi connectivity index (χ4v) is 2.34. The van der Waals surface area contributed by atoms with Crippen LogP contribution >= 0.6 is 0 Å². The molecule has 1 saturated heterocycles. The molecule has 0 radical (unpaired) electrons. The van der Waals surface area contributed by atoms with Crippen LogP contribution in [-0.4, -0.2) is 30.5 Å². The summed E-state index contributed by atoms with van der Waals surface area (Å²) in [5.74, 6) is 1.00. The lowest BCUT2D eigenvalue weighted by Crippen LogP contribution is -2.27. The van der Waals surface area contributed by atoms with Gasteiger partial charge in [-0.15, -0.1) is 0 Å². The number of hydrogen-bond donors (Lipinski definition) is 0. The van der Waals surface area contributed by atoms with E-state index in [-0.39, 0.29) is 5.91 Å². The molecule has 1 aromatic rings. The molecule has 2 rings (SSSR count). The highest BCUT2D eigenvalue weighted by atomic mass is 16.5. The van der Waals surface area contributed by atoms with Gasteiger partial charge in [-0.1, -0.05) is 19.8 Å². The molecule has 19 heavy (non-hydrogen) atoms. The molecule has 0 N–H and O–H groups in total. The molecule has 0 unspecified atom stereocenters. The second-order valence-electron chi connectivity index (χ2n) is 5.08. The van der Waals surface area contributed by atoms with Gasteiger partial charge in [0.05, 0.1) is 6.61 Å². The van der Waals surface area contributed by atoms with Crippen molar-refractivity contribution >= 4 is 5.91 Å². The van der Waals surface area contributed by atoms with Gasteiger partial charge in [-0.2, -0.15) is 0 Å². The van der Waals surface area contributed by atoms with Crippen LogP contribution in [0.5, 0.6) is 5.75 Å². The van der Waals surface area contributed by atoms with Crippen LogP contribution in [0.4, 0.5) is 0 Å². The molecule has 3 heteroatoms. The SMILES string of the molecule is CCCCCOc1ccc(C(=O)N2CCCC2)cc1. The maximum atomic E-state index is 12.1. The van der Waals surface area contributed by atoms with Gasteiger partial charge in [0.15, 0.2) is 0 Å². The number of nitrogens with zero attached hydrogens (tertiary/aromatic N) is 1. The minimum absolute atomic E-state index is 0.148. The standard InChI is InChI=1S/C16H23NO2/c1-2-3-6-13-19-15-9-7-14(8-10-15)16(18)17-11-4-5-12-17/h7-10H,2-6,11-13H2,1H3. The van der Waals surface area contributed by atoms with Crippen LogP contribution in [0.1, 0.15) is 49.4 Å². The minimum Gasteiger partial charge on any atom is -0.494 e. The summed E-state index contributed by atoms with van der Waals surface area (Å²) >= 11 is 0. The molecule has 1 heterocycles. The molecule has 3 nitrogen and oxygen atoms in total. The smallest absolute Gasteiger partial charge is 0.253 e. The van der Waals surface area contributed by atoms with Crippen molar-refractivity contribution in [1.82, 2.24) is 4.90 Å². The maximum absolute atomic E-state index is 12.1. The predicted molar refractivity (Wildman–Crippen MR) is 76.6 cm³/mol. The zero-order valence-electron chi connectivity index (χ0n) is 11.7. The first kappa shape index (κ1) is 13.9. The molecule has 0 aromatic heterocycles. The molecule has 1 fully saturated rings. The number of amides is 1. The Bertz CT molecular complexity index is 394. The normalized spacial score (nSPS) is 14.7. The van der Waals surface area contributed by atoms with Gasteiger partial charge in [0.25, 0.3) is 5.91 Å². The third kappa shape index (κ3) is 3.98. The lowest BCUT2D eigenvalue weighted by atomic mass is 10.2. The van der Waals surface area contributed by atoms with Crippen LogP contribution in [-0.2, 0) is 0 Å². The molecule has 0 atom stereocenters. The number of unbranched alkanes of at least 4 members (excludes halogenated alkanes) is 2. The summed E-state index contributed by atoms with van der Waals surface area (Å²) in [7, 11) is 0. The molecule has 0 saturated carbocycles. The summed E-state index contributed by atoms with van der Waals surface area (Å²) in [5, 5.41) is 0. The van der Waals surface area contributed by atoms with Gasteiger partial charge in [0.1, 0.15) is 5.75 Å². The van der Waals surface area contributed by atoms with Crippen molar-refractivity contribution in [2.24, 2.45) is 0 Å². The van der Waals surface area contributed by atoms with Crippen LogP contribution in [0, 0.1) is 0 Å². The number of carbonyl (C=O) groups excluding carboxylic acids is 1. The lowest BCUT2D eigenvalue weighted by molar-refractivity contribution is 0.0793. The van der Waals surface area contributed by atoms with E-state index < -0.39 is 0 Å². The molecular formula is C16H23NO2. The second kappa shape index (κ2) is 7.17.